The van der Waals surface area contributed by atoms with Crippen molar-refractivity contribution in [3.8, 4) is 0 Å². The minimum absolute atomic E-state index is 0.343. The maximum Gasteiger partial charge on any atom is 0.327 e. The summed E-state index contributed by atoms with van der Waals surface area (Å²) in [5.74, 6) is -0.421. The van der Waals surface area contributed by atoms with Crippen molar-refractivity contribution >= 4 is 17.8 Å². The van der Waals surface area contributed by atoms with Crippen LogP contribution >= 0.6 is 0 Å². The van der Waals surface area contributed by atoms with Crippen molar-refractivity contribution in [3.63, 3.8) is 0 Å². The standard InChI is InChI=1S/C16H20N2O5/c1-21-14(19)16(15(20)22-2)4-3-11-10-17-13(9-12(11)16)18-5-7-23-8-6-18/h9-10H,3-8H2,1-2H3. The zero-order valence-electron chi connectivity index (χ0n) is 13.3. The smallest absolute Gasteiger partial charge is 0.327 e. The average molecular weight is 320 g/mol. The Balaban J connectivity index is 2.05. The number of fused-ring (bicyclic) bond motifs is 1. The van der Waals surface area contributed by atoms with Crippen molar-refractivity contribution in [1.82, 2.24) is 4.98 Å². The molecule has 7 nitrogen and oxygen atoms in total. The van der Waals surface area contributed by atoms with Gasteiger partial charge < -0.3 is 19.1 Å². The van der Waals surface area contributed by atoms with E-state index in [1.165, 1.54) is 14.2 Å². The summed E-state index contributed by atoms with van der Waals surface area (Å²) in [5, 5.41) is 0. The number of aromatic nitrogens is 1. The van der Waals surface area contributed by atoms with Gasteiger partial charge in [0.05, 0.1) is 27.4 Å². The average Bonchev–Trinajstić information content (AvgIpc) is 3.00. The number of hydrogen-bond acceptors (Lipinski definition) is 7. The van der Waals surface area contributed by atoms with Gasteiger partial charge in [0.2, 0.25) is 0 Å². The van der Waals surface area contributed by atoms with E-state index in [9.17, 15) is 9.59 Å². The van der Waals surface area contributed by atoms with E-state index in [0.717, 1.165) is 24.5 Å². The zero-order valence-corrected chi connectivity index (χ0v) is 13.3. The van der Waals surface area contributed by atoms with Crippen molar-refractivity contribution in [3.05, 3.63) is 23.4 Å². The number of ether oxygens (including phenoxy) is 3. The van der Waals surface area contributed by atoms with E-state index in [1.54, 1.807) is 6.20 Å². The Morgan fingerprint density at radius 1 is 1.22 bits per heavy atom. The Morgan fingerprint density at radius 2 is 1.87 bits per heavy atom. The molecule has 0 atom stereocenters. The first kappa shape index (κ1) is 15.7. The molecule has 0 radical (unpaired) electrons. The van der Waals surface area contributed by atoms with Crippen LogP contribution < -0.4 is 4.90 Å². The highest BCUT2D eigenvalue weighted by atomic mass is 16.5. The molecule has 2 heterocycles. The maximum atomic E-state index is 12.4. The van der Waals surface area contributed by atoms with Gasteiger partial charge in [-0.15, -0.1) is 0 Å². The topological polar surface area (TPSA) is 78.0 Å². The number of nitrogens with zero attached hydrogens (tertiary/aromatic N) is 2. The highest BCUT2D eigenvalue weighted by Gasteiger charge is 2.54. The number of methoxy groups -OCH3 is 2. The quantitative estimate of drug-likeness (QED) is 0.591. The van der Waals surface area contributed by atoms with Crippen LogP contribution in [0.15, 0.2) is 12.3 Å². The number of anilines is 1. The Morgan fingerprint density at radius 3 is 2.48 bits per heavy atom. The van der Waals surface area contributed by atoms with Crippen LogP contribution in [0.5, 0.6) is 0 Å². The molecular weight excluding hydrogens is 300 g/mol. The summed E-state index contributed by atoms with van der Waals surface area (Å²) < 4.78 is 15.2. The van der Waals surface area contributed by atoms with Gasteiger partial charge in [-0.2, -0.15) is 0 Å². The molecule has 1 saturated heterocycles. The lowest BCUT2D eigenvalue weighted by atomic mass is 9.82. The number of hydrogen-bond donors (Lipinski definition) is 0. The molecule has 124 valence electrons. The minimum atomic E-state index is -1.39. The van der Waals surface area contributed by atoms with Crippen LogP contribution in [0.25, 0.3) is 0 Å². The summed E-state index contributed by atoms with van der Waals surface area (Å²) in [6.07, 6.45) is 2.68. The third-order valence-corrected chi connectivity index (χ3v) is 4.60. The van der Waals surface area contributed by atoms with Gasteiger partial charge in [-0.05, 0) is 30.0 Å². The fourth-order valence-electron chi connectivity index (χ4n) is 3.35. The van der Waals surface area contributed by atoms with E-state index in [1.807, 2.05) is 6.07 Å². The number of morpholine rings is 1. The molecule has 0 spiro atoms. The van der Waals surface area contributed by atoms with Crippen LogP contribution in [-0.4, -0.2) is 57.4 Å². The van der Waals surface area contributed by atoms with Gasteiger partial charge in [0, 0.05) is 19.3 Å². The molecule has 0 aromatic carbocycles. The van der Waals surface area contributed by atoms with Gasteiger partial charge >= 0.3 is 11.9 Å². The number of rotatable bonds is 3. The minimum Gasteiger partial charge on any atom is -0.468 e. The van der Waals surface area contributed by atoms with Gasteiger partial charge in [0.25, 0.3) is 0 Å². The first-order valence-electron chi connectivity index (χ1n) is 7.62. The molecule has 2 aliphatic rings. The Bertz CT molecular complexity index is 609. The number of carbonyl (C=O) groups is 2. The summed E-state index contributed by atoms with van der Waals surface area (Å²) >= 11 is 0. The zero-order chi connectivity index (χ0) is 16.4. The molecule has 0 bridgehead atoms. The second kappa shape index (κ2) is 6.16. The summed E-state index contributed by atoms with van der Waals surface area (Å²) in [4.78, 5) is 31.4. The molecule has 7 heteroatoms. The highest BCUT2D eigenvalue weighted by Crippen LogP contribution is 2.42. The van der Waals surface area contributed by atoms with Crippen LogP contribution in [0, 0.1) is 0 Å². The highest BCUT2D eigenvalue weighted by molar-refractivity contribution is 6.07. The normalized spacial score (nSPS) is 19.1. The lowest BCUT2D eigenvalue weighted by Crippen LogP contribution is -2.44. The Hall–Kier alpha value is -2.15. The van der Waals surface area contributed by atoms with Gasteiger partial charge in [-0.3, -0.25) is 9.59 Å². The third kappa shape index (κ3) is 2.45. The summed E-state index contributed by atoms with van der Waals surface area (Å²) in [5.41, 5.74) is 0.147. The van der Waals surface area contributed by atoms with Gasteiger partial charge in [0.15, 0.2) is 5.41 Å². The number of pyridine rings is 1. The summed E-state index contributed by atoms with van der Waals surface area (Å²) in [6.45, 7) is 2.74. The number of esters is 2. The number of aryl methyl sites for hydroxylation is 1. The third-order valence-electron chi connectivity index (χ3n) is 4.60. The molecule has 1 aliphatic carbocycles. The number of carbonyl (C=O) groups excluding carboxylic acids is 2. The molecule has 0 unspecified atom stereocenters. The van der Waals surface area contributed by atoms with E-state index in [4.69, 9.17) is 14.2 Å². The van der Waals surface area contributed by atoms with Crippen molar-refractivity contribution in [1.29, 1.82) is 0 Å². The predicted octanol–water partition coefficient (Wildman–Crippen LogP) is 0.448. The van der Waals surface area contributed by atoms with Crippen LogP contribution in [-0.2, 0) is 35.6 Å². The van der Waals surface area contributed by atoms with Crippen molar-refractivity contribution < 1.29 is 23.8 Å². The van der Waals surface area contributed by atoms with Crippen LogP contribution in [0.4, 0.5) is 5.82 Å². The van der Waals surface area contributed by atoms with Crippen molar-refractivity contribution in [2.75, 3.05) is 45.4 Å². The van der Waals surface area contributed by atoms with Gasteiger partial charge in [-0.25, -0.2) is 4.98 Å². The molecule has 0 saturated carbocycles. The lowest BCUT2D eigenvalue weighted by molar-refractivity contribution is -0.161. The van der Waals surface area contributed by atoms with Crippen LogP contribution in [0.3, 0.4) is 0 Å². The Labute approximate surface area is 134 Å². The molecule has 1 aliphatic heterocycles. The Kier molecular flexibility index (Phi) is 4.21. The fourth-order valence-corrected chi connectivity index (χ4v) is 3.35. The summed E-state index contributed by atoms with van der Waals surface area (Å²) in [6, 6.07) is 1.82. The van der Waals surface area contributed by atoms with Crippen molar-refractivity contribution in [2.24, 2.45) is 0 Å². The van der Waals surface area contributed by atoms with E-state index in [2.05, 4.69) is 9.88 Å². The fraction of sp³-hybridized carbons (Fsp3) is 0.562. The first-order chi connectivity index (χ1) is 11.1. The SMILES string of the molecule is COC(=O)C1(C(=O)OC)CCc2cnc(N3CCOCC3)cc21. The molecule has 0 amide bonds. The lowest BCUT2D eigenvalue weighted by Gasteiger charge is -2.29. The largest absolute Gasteiger partial charge is 0.468 e. The molecular formula is C16H20N2O5. The molecule has 23 heavy (non-hydrogen) atoms. The van der Waals surface area contributed by atoms with E-state index < -0.39 is 17.4 Å². The van der Waals surface area contributed by atoms with Crippen molar-refractivity contribution in [2.45, 2.75) is 18.3 Å². The first-order valence-corrected chi connectivity index (χ1v) is 7.62. The second-order valence-corrected chi connectivity index (χ2v) is 5.69. The molecule has 1 aromatic heterocycles. The molecule has 1 fully saturated rings. The van der Waals surface area contributed by atoms with E-state index in [-0.39, 0.29) is 0 Å². The molecule has 0 N–H and O–H groups in total. The van der Waals surface area contributed by atoms with Crippen LogP contribution in [0.1, 0.15) is 17.5 Å². The van der Waals surface area contributed by atoms with Crippen LogP contribution in [0.2, 0.25) is 0 Å². The summed E-state index contributed by atoms with van der Waals surface area (Å²) in [7, 11) is 2.57. The maximum absolute atomic E-state index is 12.4. The van der Waals surface area contributed by atoms with E-state index in [0.29, 0.717) is 31.6 Å². The van der Waals surface area contributed by atoms with Gasteiger partial charge in [-0.1, -0.05) is 0 Å². The second-order valence-electron chi connectivity index (χ2n) is 5.69. The van der Waals surface area contributed by atoms with E-state index >= 15 is 0 Å². The van der Waals surface area contributed by atoms with Gasteiger partial charge in [0.1, 0.15) is 5.82 Å². The predicted molar refractivity (Wildman–Crippen MR) is 81.3 cm³/mol. The molecule has 1 aromatic rings. The monoisotopic (exact) mass is 320 g/mol. The molecule has 3 rings (SSSR count).